The fourth-order valence-electron chi connectivity index (χ4n) is 10.7. The topological polar surface area (TPSA) is 192 Å². The Labute approximate surface area is 575 Å². The van der Waals surface area contributed by atoms with E-state index < -0.39 is 23.9 Å². The van der Waals surface area contributed by atoms with E-state index in [1.54, 1.807) is 0 Å². The van der Waals surface area contributed by atoms with Gasteiger partial charge in [-0.15, -0.1) is 0 Å². The molecule has 0 aliphatic heterocycles. The molecule has 0 atom stereocenters. The van der Waals surface area contributed by atoms with E-state index in [0.717, 1.165) is 51.4 Å². The average Bonchev–Trinajstić information content (AvgIpc) is 3.51. The molecule has 0 aromatic heterocycles. The van der Waals surface area contributed by atoms with E-state index >= 15 is 0 Å². The number of rotatable bonds is 64. The SMILES string of the molecule is CCCCCCCCCCCCCCCCCC(=O)OO.CCCCCCCCCCCCCCCCCC(=O)OO.CCCCCCCCCCCCCCCCCC(=O)O[O-].CCCCCCCCCCCCCCCCCC(=O)O[O-].[Ca+2].[Zn]. The molecule has 0 aliphatic carbocycles. The second-order valence-corrected chi connectivity index (χ2v) is 24.6. The number of carbonyl (C=O) groups excluding carboxylic acids is 4. The largest absolute Gasteiger partial charge is 2.00 e. The third kappa shape index (κ3) is 99.8. The molecule has 0 spiro atoms. The van der Waals surface area contributed by atoms with Crippen LogP contribution in [0.2, 0.25) is 0 Å². The van der Waals surface area contributed by atoms with Crippen molar-refractivity contribution in [2.45, 2.75) is 439 Å². The summed E-state index contributed by atoms with van der Waals surface area (Å²) in [5.74, 6) is -2.26. The first-order chi connectivity index (χ1) is 41.2. The van der Waals surface area contributed by atoms with Crippen molar-refractivity contribution in [1.29, 1.82) is 0 Å². The Hall–Kier alpha value is -0.397. The second-order valence-electron chi connectivity index (χ2n) is 24.6. The Balaban J connectivity index is -0.000000246. The Morgan fingerprint density at radius 3 is 0.430 bits per heavy atom. The van der Waals surface area contributed by atoms with Gasteiger partial charge in [-0.25, -0.2) is 9.59 Å². The minimum Gasteiger partial charge on any atom is -0.662 e. The van der Waals surface area contributed by atoms with Gasteiger partial charge in [-0.1, -0.05) is 387 Å². The summed E-state index contributed by atoms with van der Waals surface area (Å²) in [6.45, 7) is 9.06. The van der Waals surface area contributed by atoms with E-state index in [2.05, 4.69) is 47.2 Å². The van der Waals surface area contributed by atoms with E-state index in [4.69, 9.17) is 10.5 Å². The molecular weight excluding hydrogens is 1160 g/mol. The molecule has 0 aromatic carbocycles. The zero-order chi connectivity index (χ0) is 62.4. The summed E-state index contributed by atoms with van der Waals surface area (Å²) in [5.41, 5.74) is 0. The predicted molar refractivity (Wildman–Crippen MR) is 354 cm³/mol. The molecule has 12 nitrogen and oxygen atoms in total. The summed E-state index contributed by atoms with van der Waals surface area (Å²) in [4.78, 5) is 56.6. The van der Waals surface area contributed by atoms with Crippen molar-refractivity contribution in [3.63, 3.8) is 0 Å². The molecular formula is C72H142CaO12Zn. The van der Waals surface area contributed by atoms with E-state index in [1.807, 2.05) is 0 Å². The first kappa shape index (κ1) is 96.7. The van der Waals surface area contributed by atoms with E-state index in [0.29, 0.717) is 12.8 Å². The van der Waals surface area contributed by atoms with Gasteiger partial charge in [0, 0.05) is 45.2 Å². The predicted octanol–water partition coefficient (Wildman–Crippen LogP) is 22.3. The minimum absolute atomic E-state index is 0. The van der Waals surface area contributed by atoms with Crippen LogP contribution in [0.4, 0.5) is 0 Å². The molecule has 0 bridgehead atoms. The van der Waals surface area contributed by atoms with Crippen LogP contribution in [0.1, 0.15) is 439 Å². The molecule has 0 heterocycles. The van der Waals surface area contributed by atoms with Crippen molar-refractivity contribution in [2.24, 2.45) is 0 Å². The minimum atomic E-state index is -0.621. The zero-order valence-corrected chi connectivity index (χ0v) is 62.8. The van der Waals surface area contributed by atoms with Gasteiger partial charge in [0.2, 0.25) is 0 Å². The Morgan fingerprint density at radius 1 is 0.221 bits per heavy atom. The fraction of sp³-hybridized carbons (Fsp3) is 0.944. The van der Waals surface area contributed by atoms with E-state index in [9.17, 15) is 29.7 Å². The number of hydrogen-bond donors (Lipinski definition) is 2. The monoisotopic (exact) mass is 1300 g/mol. The van der Waals surface area contributed by atoms with Crippen LogP contribution in [0.5, 0.6) is 0 Å². The van der Waals surface area contributed by atoms with Crippen molar-refractivity contribution < 1.29 is 79.2 Å². The molecule has 0 rings (SSSR count). The molecule has 0 aromatic rings. The van der Waals surface area contributed by atoms with Gasteiger partial charge in [-0.3, -0.25) is 9.59 Å². The molecule has 506 valence electrons. The Bertz CT molecular complexity index is 1070. The quantitative estimate of drug-likeness (QED) is 0.0254. The first-order valence-electron chi connectivity index (χ1n) is 36.6. The van der Waals surface area contributed by atoms with Crippen LogP contribution in [0.3, 0.4) is 0 Å². The molecule has 0 aliphatic rings. The smallest absolute Gasteiger partial charge is 0.662 e. The van der Waals surface area contributed by atoms with Gasteiger partial charge in [0.05, 0.1) is 0 Å². The summed E-state index contributed by atoms with van der Waals surface area (Å²) in [7, 11) is 0. The van der Waals surface area contributed by atoms with Crippen molar-refractivity contribution in [3.8, 4) is 0 Å². The van der Waals surface area contributed by atoms with Gasteiger partial charge >= 0.3 is 49.7 Å². The molecule has 2 N–H and O–H groups in total. The van der Waals surface area contributed by atoms with Gasteiger partial charge in [0.1, 0.15) is 0 Å². The van der Waals surface area contributed by atoms with Gasteiger partial charge in [0.15, 0.2) is 0 Å². The van der Waals surface area contributed by atoms with Crippen LogP contribution in [0.15, 0.2) is 0 Å². The Kier molecular flexibility index (Phi) is 105. The molecule has 0 fully saturated rings. The summed E-state index contributed by atoms with van der Waals surface area (Å²) in [6, 6.07) is 0. The van der Waals surface area contributed by atoms with Crippen LogP contribution in [-0.2, 0) is 58.2 Å². The molecule has 0 saturated carbocycles. The maximum atomic E-state index is 10.7. The van der Waals surface area contributed by atoms with Crippen molar-refractivity contribution in [2.75, 3.05) is 0 Å². The second kappa shape index (κ2) is 93.3. The van der Waals surface area contributed by atoms with Gasteiger partial charge < -0.3 is 30.1 Å². The first-order valence-corrected chi connectivity index (χ1v) is 36.6. The van der Waals surface area contributed by atoms with Crippen LogP contribution in [-0.4, -0.2) is 72.1 Å². The molecule has 0 radical (unpaired) electrons. The summed E-state index contributed by atoms with van der Waals surface area (Å²) < 4.78 is 0. The maximum Gasteiger partial charge on any atom is 2.00 e. The van der Waals surface area contributed by atoms with Crippen LogP contribution in [0, 0.1) is 0 Å². The van der Waals surface area contributed by atoms with Gasteiger partial charge in [-0.2, -0.15) is 10.5 Å². The fourth-order valence-corrected chi connectivity index (χ4v) is 10.7. The Morgan fingerprint density at radius 2 is 0.326 bits per heavy atom. The standard InChI is InChI=1S/4C18H36O3.Ca.Zn/c4*1-2-3-4-5-6-7-8-9-10-11-12-13-14-15-16-17-18(19)21-20;;/h4*20H,2-17H2,1H3;;/q;;;;+2;/p-2. The van der Waals surface area contributed by atoms with Crippen LogP contribution in [0.25, 0.3) is 0 Å². The zero-order valence-electron chi connectivity index (χ0n) is 57.6. The molecule has 14 heteroatoms. The maximum absolute atomic E-state index is 10.7. The molecule has 0 unspecified atom stereocenters. The molecule has 86 heavy (non-hydrogen) atoms. The third-order valence-corrected chi connectivity index (χ3v) is 16.3. The normalized spacial score (nSPS) is 10.5. The number of hydrogen-bond acceptors (Lipinski definition) is 12. The van der Waals surface area contributed by atoms with Crippen molar-refractivity contribution in [3.05, 3.63) is 0 Å². The van der Waals surface area contributed by atoms with Gasteiger partial charge in [0.25, 0.3) is 11.9 Å². The van der Waals surface area contributed by atoms with Crippen LogP contribution < -0.4 is 10.5 Å². The molecule has 0 saturated heterocycles. The molecule has 0 amide bonds. The van der Waals surface area contributed by atoms with Crippen molar-refractivity contribution in [1.82, 2.24) is 0 Å². The van der Waals surface area contributed by atoms with E-state index in [1.165, 1.54) is 334 Å². The summed E-state index contributed by atoms with van der Waals surface area (Å²) in [6.07, 6.45) is 79.6. The number of unbranched alkanes of at least 4 members (excludes halogenated alkanes) is 56. The van der Waals surface area contributed by atoms with Crippen LogP contribution >= 0.6 is 0 Å². The number of carbonyl (C=O) groups is 4. The summed E-state index contributed by atoms with van der Waals surface area (Å²) in [5, 5.41) is 35.7. The summed E-state index contributed by atoms with van der Waals surface area (Å²) >= 11 is 0. The third-order valence-electron chi connectivity index (χ3n) is 16.3. The van der Waals surface area contributed by atoms with Gasteiger partial charge in [-0.05, 0) is 25.7 Å². The van der Waals surface area contributed by atoms with E-state index in [-0.39, 0.29) is 70.1 Å². The average molecular weight is 1310 g/mol. The van der Waals surface area contributed by atoms with Crippen molar-refractivity contribution >= 4 is 61.6 Å².